The maximum absolute atomic E-state index is 12.7. The minimum atomic E-state index is -4.25. The summed E-state index contributed by atoms with van der Waals surface area (Å²) in [5, 5.41) is 20.2. The van der Waals surface area contributed by atoms with Crippen molar-refractivity contribution >= 4 is 27.6 Å². The van der Waals surface area contributed by atoms with E-state index in [0.29, 0.717) is 0 Å². The van der Waals surface area contributed by atoms with Gasteiger partial charge >= 0.3 is 11.9 Å². The van der Waals surface area contributed by atoms with Gasteiger partial charge in [-0.15, -0.1) is 0 Å². The molecule has 0 saturated heterocycles. The second-order valence-electron chi connectivity index (χ2n) is 5.62. The molecule has 144 valence electrons. The first kappa shape index (κ1) is 21.5. The Morgan fingerprint density at radius 1 is 1.38 bits per heavy atom. The zero-order valence-electron chi connectivity index (χ0n) is 14.8. The van der Waals surface area contributed by atoms with E-state index in [-0.39, 0.29) is 24.3 Å². The molecule has 0 fully saturated rings. The van der Waals surface area contributed by atoms with Crippen molar-refractivity contribution in [2.24, 2.45) is 5.92 Å². The number of carbonyl (C=O) groups is 2. The first-order valence-electron chi connectivity index (χ1n) is 7.58. The molecule has 0 aliphatic heterocycles. The molecule has 10 nitrogen and oxygen atoms in total. The van der Waals surface area contributed by atoms with Gasteiger partial charge in [-0.3, -0.25) is 14.9 Å². The van der Waals surface area contributed by atoms with Gasteiger partial charge in [-0.1, -0.05) is 6.92 Å². The zero-order chi connectivity index (χ0) is 20.2. The van der Waals surface area contributed by atoms with Gasteiger partial charge in [-0.2, -0.15) is 0 Å². The standard InChI is InChI=1S/C15H20N2O8S/c1-5-25-15(20)12-6-11(7-13(10(12)3)17(21)22)26(23,24)16(4)8-9(2)14(18)19/h6-7,9H,5,8H2,1-4H3,(H,18,19). The number of esters is 1. The molecule has 1 unspecified atom stereocenters. The van der Waals surface area contributed by atoms with Crippen LogP contribution in [-0.4, -0.2) is 54.9 Å². The number of hydrogen-bond acceptors (Lipinski definition) is 7. The molecule has 0 heterocycles. The van der Waals surface area contributed by atoms with E-state index in [0.717, 1.165) is 23.5 Å². The number of carboxylic acid groups (broad SMARTS) is 1. The van der Waals surface area contributed by atoms with Crippen molar-refractivity contribution in [1.29, 1.82) is 0 Å². The minimum absolute atomic E-state index is 0.0130. The molecular weight excluding hydrogens is 368 g/mol. The highest BCUT2D eigenvalue weighted by atomic mass is 32.2. The van der Waals surface area contributed by atoms with Crippen molar-refractivity contribution in [2.75, 3.05) is 20.2 Å². The van der Waals surface area contributed by atoms with Gasteiger partial charge in [0.1, 0.15) is 0 Å². The predicted molar refractivity (Wildman–Crippen MR) is 90.4 cm³/mol. The fourth-order valence-corrected chi connectivity index (χ4v) is 3.48. The smallest absolute Gasteiger partial charge is 0.338 e. The lowest BCUT2D eigenvalue weighted by molar-refractivity contribution is -0.385. The van der Waals surface area contributed by atoms with Crippen LogP contribution >= 0.6 is 0 Å². The molecule has 26 heavy (non-hydrogen) atoms. The number of nitro benzene ring substituents is 1. The summed E-state index contributed by atoms with van der Waals surface area (Å²) in [6.07, 6.45) is 0. The second-order valence-corrected chi connectivity index (χ2v) is 7.66. The molecule has 11 heteroatoms. The van der Waals surface area contributed by atoms with E-state index in [2.05, 4.69) is 0 Å². The molecule has 0 radical (unpaired) electrons. The third-order valence-electron chi connectivity index (χ3n) is 3.71. The minimum Gasteiger partial charge on any atom is -0.481 e. The third kappa shape index (κ3) is 4.55. The van der Waals surface area contributed by atoms with Crippen LogP contribution in [0.3, 0.4) is 0 Å². The number of ether oxygens (including phenoxy) is 1. The van der Waals surface area contributed by atoms with Gasteiger partial charge in [-0.05, 0) is 19.9 Å². The number of aliphatic carboxylic acids is 1. The van der Waals surface area contributed by atoms with Crippen LogP contribution < -0.4 is 0 Å². The van der Waals surface area contributed by atoms with Gasteiger partial charge < -0.3 is 9.84 Å². The number of rotatable bonds is 8. The molecule has 0 bridgehead atoms. The molecule has 0 saturated carbocycles. The number of hydrogen-bond donors (Lipinski definition) is 1. The van der Waals surface area contributed by atoms with Gasteiger partial charge in [0.25, 0.3) is 5.69 Å². The monoisotopic (exact) mass is 388 g/mol. The average Bonchev–Trinajstić information content (AvgIpc) is 2.54. The van der Waals surface area contributed by atoms with E-state index < -0.39 is 43.4 Å². The van der Waals surface area contributed by atoms with Crippen LogP contribution in [-0.2, 0) is 19.6 Å². The molecule has 0 amide bonds. The molecule has 1 aromatic rings. The topological polar surface area (TPSA) is 144 Å². The summed E-state index contributed by atoms with van der Waals surface area (Å²) in [7, 11) is -3.10. The molecule has 1 aromatic carbocycles. The Kier molecular flexibility index (Phi) is 6.81. The molecule has 1 N–H and O–H groups in total. The zero-order valence-corrected chi connectivity index (χ0v) is 15.6. The summed E-state index contributed by atoms with van der Waals surface area (Å²) in [6.45, 7) is 3.86. The Morgan fingerprint density at radius 2 is 1.96 bits per heavy atom. The second kappa shape index (κ2) is 8.23. The highest BCUT2D eigenvalue weighted by Gasteiger charge is 2.30. The van der Waals surface area contributed by atoms with Crippen LogP contribution in [0.15, 0.2) is 17.0 Å². The van der Waals surface area contributed by atoms with Crippen LogP contribution in [0.25, 0.3) is 0 Å². The maximum atomic E-state index is 12.7. The molecule has 0 aliphatic carbocycles. The predicted octanol–water partition coefficient (Wildman–Crippen LogP) is 1.42. The Balaban J connectivity index is 3.48. The number of nitro groups is 1. The van der Waals surface area contributed by atoms with Crippen molar-refractivity contribution in [3.05, 3.63) is 33.4 Å². The quantitative estimate of drug-likeness (QED) is 0.400. The summed E-state index contributed by atoms with van der Waals surface area (Å²) in [4.78, 5) is 32.9. The van der Waals surface area contributed by atoms with Gasteiger partial charge in [-0.25, -0.2) is 17.5 Å². The molecule has 0 aliphatic rings. The Hall–Kier alpha value is -2.53. The van der Waals surface area contributed by atoms with Crippen LogP contribution in [0.1, 0.15) is 29.8 Å². The summed E-state index contributed by atoms with van der Waals surface area (Å²) < 4.78 is 30.9. The Bertz CT molecular complexity index is 834. The van der Waals surface area contributed by atoms with Crippen LogP contribution in [0.5, 0.6) is 0 Å². The Labute approximate surface area is 150 Å². The third-order valence-corrected chi connectivity index (χ3v) is 5.51. The molecular formula is C15H20N2O8S. The number of nitrogens with zero attached hydrogens (tertiary/aromatic N) is 2. The van der Waals surface area contributed by atoms with E-state index in [1.807, 2.05) is 0 Å². The molecule has 1 atom stereocenters. The number of carboxylic acids is 1. The first-order valence-corrected chi connectivity index (χ1v) is 9.02. The molecule has 0 aromatic heterocycles. The summed E-state index contributed by atoms with van der Waals surface area (Å²) in [6, 6.07) is 1.84. The highest BCUT2D eigenvalue weighted by molar-refractivity contribution is 7.89. The average molecular weight is 388 g/mol. The van der Waals surface area contributed by atoms with Crippen LogP contribution in [0.2, 0.25) is 0 Å². The van der Waals surface area contributed by atoms with E-state index >= 15 is 0 Å². The summed E-state index contributed by atoms with van der Waals surface area (Å²) in [5.41, 5.74) is -0.804. The number of sulfonamides is 1. The van der Waals surface area contributed by atoms with Crippen molar-refractivity contribution in [3.63, 3.8) is 0 Å². The molecule has 0 spiro atoms. The van der Waals surface area contributed by atoms with E-state index in [9.17, 15) is 28.1 Å². The largest absolute Gasteiger partial charge is 0.481 e. The first-order chi connectivity index (χ1) is 11.9. The van der Waals surface area contributed by atoms with Crippen LogP contribution in [0, 0.1) is 23.0 Å². The Morgan fingerprint density at radius 3 is 2.42 bits per heavy atom. The summed E-state index contributed by atoms with van der Waals surface area (Å²) >= 11 is 0. The van der Waals surface area contributed by atoms with Gasteiger partial charge in [0.2, 0.25) is 10.0 Å². The van der Waals surface area contributed by atoms with E-state index in [1.165, 1.54) is 13.8 Å². The van der Waals surface area contributed by atoms with Crippen molar-refractivity contribution in [2.45, 2.75) is 25.7 Å². The van der Waals surface area contributed by atoms with Crippen LogP contribution in [0.4, 0.5) is 5.69 Å². The van der Waals surface area contributed by atoms with Crippen molar-refractivity contribution in [3.8, 4) is 0 Å². The normalized spacial score (nSPS) is 12.7. The summed E-state index contributed by atoms with van der Waals surface area (Å²) in [5.74, 6) is -3.06. The van der Waals surface area contributed by atoms with Crippen molar-refractivity contribution < 1.29 is 32.8 Å². The van der Waals surface area contributed by atoms with Gasteiger partial charge in [0, 0.05) is 25.2 Å². The van der Waals surface area contributed by atoms with Gasteiger partial charge in [0.05, 0.1) is 27.9 Å². The maximum Gasteiger partial charge on any atom is 0.338 e. The lowest BCUT2D eigenvalue weighted by Gasteiger charge is -2.20. The number of benzene rings is 1. The van der Waals surface area contributed by atoms with Crippen molar-refractivity contribution in [1.82, 2.24) is 4.31 Å². The molecule has 1 rings (SSSR count). The fourth-order valence-electron chi connectivity index (χ4n) is 2.17. The lowest BCUT2D eigenvalue weighted by atomic mass is 10.1. The van der Waals surface area contributed by atoms with E-state index in [4.69, 9.17) is 9.84 Å². The van der Waals surface area contributed by atoms with E-state index in [1.54, 1.807) is 6.92 Å². The van der Waals surface area contributed by atoms with Gasteiger partial charge in [0.15, 0.2) is 0 Å². The fraction of sp³-hybridized carbons (Fsp3) is 0.467. The lowest BCUT2D eigenvalue weighted by Crippen LogP contribution is -2.34. The SMILES string of the molecule is CCOC(=O)c1cc(S(=O)(=O)N(C)CC(C)C(=O)O)cc([N+](=O)[O-])c1C. The highest BCUT2D eigenvalue weighted by Crippen LogP contribution is 2.28. The number of carbonyl (C=O) groups excluding carboxylic acids is 1.